The summed E-state index contributed by atoms with van der Waals surface area (Å²) in [6.45, 7) is 18.8. The van der Waals surface area contributed by atoms with E-state index in [4.69, 9.17) is 5.73 Å². The largest absolute Gasteiger partial charge is 0.478 e. The fourth-order valence-corrected chi connectivity index (χ4v) is 12.4. The number of halogens is 1. The van der Waals surface area contributed by atoms with Crippen LogP contribution in [0.2, 0.25) is 0 Å². The minimum atomic E-state index is -0.817. The Balaban J connectivity index is 0.000000298. The summed E-state index contributed by atoms with van der Waals surface area (Å²) in [5.41, 5.74) is 13.8. The third-order valence-corrected chi connectivity index (χ3v) is 16.0. The van der Waals surface area contributed by atoms with Crippen LogP contribution in [0.25, 0.3) is 0 Å². The van der Waals surface area contributed by atoms with Gasteiger partial charge >= 0.3 is 5.97 Å². The second-order valence-electron chi connectivity index (χ2n) is 18.8. The van der Waals surface area contributed by atoms with E-state index in [9.17, 15) is 24.3 Å². The van der Waals surface area contributed by atoms with Gasteiger partial charge in [-0.05, 0) is 168 Å². The van der Waals surface area contributed by atoms with Gasteiger partial charge in [0, 0.05) is 83.6 Å². The Labute approximate surface area is 420 Å². The molecule has 0 atom stereocenters. The number of aromatic carboxylic acids is 1. The molecular weight excluding hydrogens is 916 g/mol. The van der Waals surface area contributed by atoms with E-state index in [2.05, 4.69) is 97.7 Å². The molecule has 6 rings (SSSR count). The fourth-order valence-electron chi connectivity index (χ4n) is 9.96. The summed E-state index contributed by atoms with van der Waals surface area (Å²) in [5.74, 6) is -0.924. The van der Waals surface area contributed by atoms with E-state index in [0.717, 1.165) is 88.5 Å². The maximum Gasteiger partial charge on any atom is 0.336 e. The van der Waals surface area contributed by atoms with Crippen molar-refractivity contribution in [3.8, 4) is 0 Å². The van der Waals surface area contributed by atoms with Gasteiger partial charge in [0.05, 0.1) is 21.1 Å². The lowest BCUT2D eigenvalue weighted by atomic mass is 9.89. The fraction of sp³-hybridized carbons (Fsp3) is 0.615. The molecule has 4 aromatic heterocycles. The summed E-state index contributed by atoms with van der Waals surface area (Å²) >= 11 is 3.24. The van der Waals surface area contributed by atoms with Gasteiger partial charge in [-0.3, -0.25) is 14.4 Å². The molecule has 0 aliphatic heterocycles. The quantitative estimate of drug-likeness (QED) is 0.0687. The third kappa shape index (κ3) is 15.3. The number of carboxylic acid groups (broad SMARTS) is 1. The van der Waals surface area contributed by atoms with Crippen molar-refractivity contribution in [3.05, 3.63) is 99.5 Å². The lowest BCUT2D eigenvalue weighted by molar-refractivity contribution is 0.0696. The predicted molar refractivity (Wildman–Crippen MR) is 288 cm³/mol. The molecule has 0 aromatic carbocycles. The maximum atomic E-state index is 13.1. The number of nitrogens with zero attached hydrogens (tertiary/aromatic N) is 4. The number of aromatic amines is 2. The first kappa shape index (κ1) is 58.3. The Morgan fingerprint density at radius 2 is 1.04 bits per heavy atom. The summed E-state index contributed by atoms with van der Waals surface area (Å²) in [4.78, 5) is 63.4. The van der Waals surface area contributed by atoms with Crippen LogP contribution in [0.5, 0.6) is 0 Å². The molecule has 380 valence electrons. The average Bonchev–Trinajstić information content (AvgIpc) is 3.86. The van der Waals surface area contributed by atoms with Crippen LogP contribution in [0.1, 0.15) is 157 Å². The Morgan fingerprint density at radius 3 is 1.41 bits per heavy atom. The zero-order chi connectivity index (χ0) is 49.5. The van der Waals surface area contributed by atoms with E-state index < -0.39 is 5.97 Å². The molecule has 2 aliphatic carbocycles. The van der Waals surface area contributed by atoms with Crippen LogP contribution in [0, 0.1) is 27.7 Å². The number of carboxylic acids is 1. The number of aromatic nitrogens is 2. The standard InChI is InChI=1S/C26H40N4O2S.C16H26N2O2S.C10H16N2O.ClH/c1-7-9-19-14-17(3)28-25(32)22(19)15-27-24(31)23-16-33-26(18(23)4)30(8-2)21-12-10-20(11-13-21)29(5)6;1-5-18(13-8-6-12(7-9-13)17(3)4)15-11(2)14(10-21-15)16(19)20;1-3-4-8-5-7(2)12-10(13)9(8)6-11;/h14,16,20-21H,7-13,15H2,1-6H3,(H,27,31)(H,28,32);10,12-13H,5-9H2,1-4H3,(H,19,20);5H,3-4,6,11H2,1-2H3,(H,12,13);1H. The van der Waals surface area contributed by atoms with Gasteiger partial charge in [0.2, 0.25) is 0 Å². The Kier molecular flexibility index (Phi) is 24.0. The molecule has 4 heterocycles. The highest BCUT2D eigenvalue weighted by molar-refractivity contribution is 7.15. The first-order valence-electron chi connectivity index (χ1n) is 24.6. The molecule has 0 radical (unpaired) electrons. The molecule has 2 aliphatic rings. The van der Waals surface area contributed by atoms with Crippen molar-refractivity contribution in [3.63, 3.8) is 0 Å². The monoisotopic (exact) mass is 999 g/mol. The molecule has 0 bridgehead atoms. The van der Waals surface area contributed by atoms with Gasteiger partial charge in [-0.1, -0.05) is 26.7 Å². The molecule has 2 fully saturated rings. The van der Waals surface area contributed by atoms with Crippen molar-refractivity contribution in [1.82, 2.24) is 25.1 Å². The topological polar surface area (TPSA) is 171 Å². The number of aryl methyl sites for hydroxylation is 4. The van der Waals surface area contributed by atoms with Crippen LogP contribution in [-0.2, 0) is 25.9 Å². The van der Waals surface area contributed by atoms with Crippen LogP contribution in [-0.4, -0.2) is 102 Å². The number of carbonyl (C=O) groups is 2. The number of H-pyrrole nitrogens is 2. The van der Waals surface area contributed by atoms with Crippen LogP contribution in [0.15, 0.2) is 32.5 Å². The van der Waals surface area contributed by atoms with Crippen molar-refractivity contribution in [1.29, 1.82) is 0 Å². The number of pyridine rings is 2. The number of carbonyl (C=O) groups excluding carboxylic acids is 1. The van der Waals surface area contributed by atoms with E-state index >= 15 is 0 Å². The highest BCUT2D eigenvalue weighted by Crippen LogP contribution is 2.38. The molecule has 4 aromatic rings. The van der Waals surface area contributed by atoms with E-state index in [1.165, 1.54) is 56.4 Å². The first-order valence-corrected chi connectivity index (χ1v) is 26.3. The van der Waals surface area contributed by atoms with Crippen molar-refractivity contribution < 1.29 is 14.7 Å². The van der Waals surface area contributed by atoms with E-state index in [-0.39, 0.29) is 36.0 Å². The van der Waals surface area contributed by atoms with Crippen LogP contribution in [0.3, 0.4) is 0 Å². The van der Waals surface area contributed by atoms with Gasteiger partial charge in [0.1, 0.15) is 0 Å². The normalized spacial score (nSPS) is 17.9. The van der Waals surface area contributed by atoms with Crippen LogP contribution >= 0.6 is 35.1 Å². The van der Waals surface area contributed by atoms with Gasteiger partial charge in [-0.2, -0.15) is 0 Å². The lowest BCUT2D eigenvalue weighted by Crippen LogP contribution is -2.42. The van der Waals surface area contributed by atoms with E-state index in [0.29, 0.717) is 41.8 Å². The van der Waals surface area contributed by atoms with Gasteiger partial charge < -0.3 is 45.7 Å². The Bertz CT molecular complexity index is 2320. The maximum absolute atomic E-state index is 13.1. The van der Waals surface area contributed by atoms with Gasteiger partial charge in [0.25, 0.3) is 17.0 Å². The minimum absolute atomic E-state index is 0. The van der Waals surface area contributed by atoms with Crippen molar-refractivity contribution in [2.45, 2.75) is 170 Å². The highest BCUT2D eigenvalue weighted by Gasteiger charge is 2.30. The molecule has 16 heteroatoms. The Hall–Kier alpha value is -3.99. The lowest BCUT2D eigenvalue weighted by Gasteiger charge is -2.39. The molecule has 0 saturated heterocycles. The molecule has 0 spiro atoms. The SMILES string of the molecule is CCCc1cc(C)[nH]c(=O)c1CN.CCCc1cc(C)[nH]c(=O)c1CNC(=O)c1csc(N(CC)C2CCC(N(C)C)CC2)c1C.CCN(c1scc(C(=O)O)c1C)C1CCC(N(C)C)CC1.Cl. The number of thiophene rings is 2. The average molecular weight is 1000 g/mol. The number of rotatable bonds is 17. The number of hydrogen-bond acceptors (Lipinski definition) is 11. The number of hydrogen-bond donors (Lipinski definition) is 5. The molecule has 2 saturated carbocycles. The third-order valence-electron chi connectivity index (χ3n) is 13.8. The van der Waals surface area contributed by atoms with Crippen LogP contribution in [0.4, 0.5) is 10.0 Å². The predicted octanol–water partition coefficient (Wildman–Crippen LogP) is 9.60. The number of nitrogens with one attached hydrogen (secondary N) is 3. The zero-order valence-electron chi connectivity index (χ0n) is 43.1. The van der Waals surface area contributed by atoms with Gasteiger partial charge in [0.15, 0.2) is 0 Å². The van der Waals surface area contributed by atoms with Crippen LogP contribution < -0.4 is 32.0 Å². The summed E-state index contributed by atoms with van der Waals surface area (Å²) in [5, 5.41) is 18.3. The van der Waals surface area contributed by atoms with Crippen molar-refractivity contribution >= 4 is 57.0 Å². The summed E-state index contributed by atoms with van der Waals surface area (Å²) in [6, 6.07) is 6.47. The summed E-state index contributed by atoms with van der Waals surface area (Å²) in [6.07, 6.45) is 13.4. The number of amides is 1. The Morgan fingerprint density at radius 1 is 0.662 bits per heavy atom. The first-order chi connectivity index (χ1) is 31.9. The second kappa shape index (κ2) is 28.0. The van der Waals surface area contributed by atoms with Gasteiger partial charge in [-0.15, -0.1) is 35.1 Å². The smallest absolute Gasteiger partial charge is 0.336 e. The van der Waals surface area contributed by atoms with Crippen molar-refractivity contribution in [2.24, 2.45) is 5.73 Å². The van der Waals surface area contributed by atoms with Crippen molar-refractivity contribution in [2.75, 3.05) is 51.1 Å². The van der Waals surface area contributed by atoms with E-state index in [1.807, 2.05) is 38.3 Å². The molecule has 0 unspecified atom stereocenters. The second-order valence-corrected chi connectivity index (χ2v) is 20.6. The number of anilines is 2. The molecule has 6 N–H and O–H groups in total. The molecule has 13 nitrogen and oxygen atoms in total. The number of nitrogens with two attached hydrogens (primary N) is 1. The molecular formula is C52H83ClN8O5S2. The zero-order valence-corrected chi connectivity index (χ0v) is 45.6. The minimum Gasteiger partial charge on any atom is -0.478 e. The summed E-state index contributed by atoms with van der Waals surface area (Å²) < 4.78 is 0. The molecule has 1 amide bonds. The van der Waals surface area contributed by atoms with Gasteiger partial charge in [-0.25, -0.2) is 4.79 Å². The summed E-state index contributed by atoms with van der Waals surface area (Å²) in [7, 11) is 8.66. The van der Waals surface area contributed by atoms with E-state index in [1.54, 1.807) is 28.1 Å². The highest BCUT2D eigenvalue weighted by atomic mass is 35.5. The molecule has 68 heavy (non-hydrogen) atoms.